The quantitative estimate of drug-likeness (QED) is 0.746. The Kier molecular flexibility index (Phi) is 5.40. The fraction of sp³-hybridized carbons (Fsp3) is 0.714. The first kappa shape index (κ1) is 14.8. The molecule has 1 saturated heterocycles. The number of hydrogen-bond acceptors (Lipinski definition) is 3. The van der Waals surface area contributed by atoms with E-state index in [0.29, 0.717) is 32.1 Å². The molecule has 0 aromatic heterocycles. The Hall–Kier alpha value is -1.56. The van der Waals surface area contributed by atoms with E-state index in [-0.39, 0.29) is 12.6 Å². The highest BCUT2D eigenvalue weighted by Gasteiger charge is 2.22. The van der Waals surface area contributed by atoms with Gasteiger partial charge in [-0.2, -0.15) is 0 Å². The second-order valence-electron chi connectivity index (χ2n) is 5.49. The van der Waals surface area contributed by atoms with Crippen molar-refractivity contribution in [2.75, 3.05) is 39.3 Å². The van der Waals surface area contributed by atoms with Crippen LogP contribution in [-0.2, 0) is 4.79 Å². The third-order valence-corrected chi connectivity index (χ3v) is 3.94. The molecule has 1 atom stereocenters. The van der Waals surface area contributed by atoms with Gasteiger partial charge in [0.15, 0.2) is 0 Å². The van der Waals surface area contributed by atoms with Crippen LogP contribution in [0.3, 0.4) is 0 Å². The van der Waals surface area contributed by atoms with Gasteiger partial charge in [-0.05, 0) is 25.2 Å². The summed E-state index contributed by atoms with van der Waals surface area (Å²) in [4.78, 5) is 26.3. The lowest BCUT2D eigenvalue weighted by Crippen LogP contribution is -2.53. The van der Waals surface area contributed by atoms with Crippen LogP contribution in [0.4, 0.5) is 4.79 Å². The van der Waals surface area contributed by atoms with Crippen molar-refractivity contribution in [3.8, 4) is 0 Å². The highest BCUT2D eigenvalue weighted by Crippen LogP contribution is 2.17. The minimum absolute atomic E-state index is 0.0190. The van der Waals surface area contributed by atoms with E-state index in [9.17, 15) is 9.59 Å². The number of carboxylic acid groups (broad SMARTS) is 1. The molecule has 0 aromatic rings. The molecule has 1 unspecified atom stereocenters. The molecule has 2 rings (SSSR count). The van der Waals surface area contributed by atoms with E-state index in [1.807, 2.05) is 4.90 Å². The second kappa shape index (κ2) is 7.28. The number of carbonyl (C=O) groups is 2. The van der Waals surface area contributed by atoms with Gasteiger partial charge in [0.1, 0.15) is 0 Å². The summed E-state index contributed by atoms with van der Waals surface area (Å²) in [6.07, 6.45) is 7.68. The average molecular weight is 281 g/mol. The number of urea groups is 1. The van der Waals surface area contributed by atoms with Gasteiger partial charge >= 0.3 is 12.0 Å². The monoisotopic (exact) mass is 281 g/mol. The first-order valence-corrected chi connectivity index (χ1v) is 7.27. The lowest BCUT2D eigenvalue weighted by atomic mass is 9.94. The summed E-state index contributed by atoms with van der Waals surface area (Å²) in [7, 11) is 0. The van der Waals surface area contributed by atoms with E-state index in [4.69, 9.17) is 5.11 Å². The molecule has 1 aliphatic carbocycles. The molecule has 6 heteroatoms. The number of hydrogen-bond donors (Lipinski definition) is 2. The fourth-order valence-electron chi connectivity index (χ4n) is 2.69. The topological polar surface area (TPSA) is 72.9 Å². The number of nitrogens with zero attached hydrogens (tertiary/aromatic N) is 2. The molecule has 2 N–H and O–H groups in total. The van der Waals surface area contributed by atoms with Crippen molar-refractivity contribution in [1.82, 2.24) is 15.1 Å². The van der Waals surface area contributed by atoms with Crippen LogP contribution in [0.2, 0.25) is 0 Å². The van der Waals surface area contributed by atoms with Crippen molar-refractivity contribution in [3.05, 3.63) is 12.2 Å². The number of amides is 2. The van der Waals surface area contributed by atoms with Crippen molar-refractivity contribution in [1.29, 1.82) is 0 Å². The van der Waals surface area contributed by atoms with Gasteiger partial charge < -0.3 is 15.3 Å². The van der Waals surface area contributed by atoms with Gasteiger partial charge in [-0.25, -0.2) is 4.79 Å². The molecule has 1 aliphatic heterocycles. The zero-order valence-corrected chi connectivity index (χ0v) is 11.8. The maximum atomic E-state index is 12.0. The summed E-state index contributed by atoms with van der Waals surface area (Å²) in [5, 5.41) is 11.7. The fourth-order valence-corrected chi connectivity index (χ4v) is 2.69. The van der Waals surface area contributed by atoms with E-state index in [0.717, 1.165) is 25.8 Å². The van der Waals surface area contributed by atoms with E-state index < -0.39 is 5.97 Å². The van der Waals surface area contributed by atoms with Crippen molar-refractivity contribution >= 4 is 12.0 Å². The summed E-state index contributed by atoms with van der Waals surface area (Å²) >= 11 is 0. The Bertz CT molecular complexity index is 376. The minimum atomic E-state index is -0.812. The predicted octanol–water partition coefficient (Wildman–Crippen LogP) is 0.754. The minimum Gasteiger partial charge on any atom is -0.480 e. The number of allylic oxidation sites excluding steroid dienone is 2. The average Bonchev–Trinajstić information content (AvgIpc) is 2.46. The number of carbonyl (C=O) groups excluding carboxylic acids is 1. The molecule has 1 heterocycles. The lowest BCUT2D eigenvalue weighted by Gasteiger charge is -2.34. The zero-order valence-electron chi connectivity index (χ0n) is 11.8. The molecule has 0 saturated carbocycles. The number of aliphatic carboxylic acids is 1. The summed E-state index contributed by atoms with van der Waals surface area (Å²) in [5.41, 5.74) is 0. The Morgan fingerprint density at radius 1 is 1.20 bits per heavy atom. The molecule has 1 fully saturated rings. The number of carboxylic acids is 1. The number of rotatable bonds is 4. The maximum absolute atomic E-state index is 12.0. The number of piperazine rings is 1. The first-order valence-electron chi connectivity index (χ1n) is 7.27. The van der Waals surface area contributed by atoms with E-state index in [1.54, 1.807) is 4.90 Å². The summed E-state index contributed by atoms with van der Waals surface area (Å²) in [6.45, 7) is 3.26. The molecule has 6 nitrogen and oxygen atoms in total. The lowest BCUT2D eigenvalue weighted by molar-refractivity contribution is -0.138. The van der Waals surface area contributed by atoms with Crippen LogP contribution in [-0.4, -0.2) is 66.2 Å². The van der Waals surface area contributed by atoms with Crippen LogP contribution in [0.5, 0.6) is 0 Å². The third kappa shape index (κ3) is 4.52. The van der Waals surface area contributed by atoms with Gasteiger partial charge in [0.05, 0.1) is 6.54 Å². The Morgan fingerprint density at radius 3 is 2.55 bits per heavy atom. The SMILES string of the molecule is O=C(O)CN1CCN(C(=O)NCC2CC=CCC2)CC1. The molecular formula is C14H23N3O3. The van der Waals surface area contributed by atoms with Gasteiger partial charge in [-0.15, -0.1) is 0 Å². The summed E-state index contributed by atoms with van der Waals surface area (Å²) < 4.78 is 0. The predicted molar refractivity (Wildman–Crippen MR) is 75.5 cm³/mol. The molecule has 0 spiro atoms. The van der Waals surface area contributed by atoms with E-state index in [2.05, 4.69) is 17.5 Å². The van der Waals surface area contributed by atoms with E-state index in [1.165, 1.54) is 0 Å². The Balaban J connectivity index is 1.66. The molecule has 0 radical (unpaired) electrons. The van der Waals surface area contributed by atoms with Crippen LogP contribution < -0.4 is 5.32 Å². The van der Waals surface area contributed by atoms with Gasteiger partial charge in [0.25, 0.3) is 0 Å². The summed E-state index contributed by atoms with van der Waals surface area (Å²) in [5.74, 6) is -0.259. The van der Waals surface area contributed by atoms with E-state index >= 15 is 0 Å². The van der Waals surface area contributed by atoms with Crippen molar-refractivity contribution in [3.63, 3.8) is 0 Å². The number of nitrogens with one attached hydrogen (secondary N) is 1. The molecular weight excluding hydrogens is 258 g/mol. The smallest absolute Gasteiger partial charge is 0.317 e. The highest BCUT2D eigenvalue weighted by atomic mass is 16.4. The third-order valence-electron chi connectivity index (χ3n) is 3.94. The Morgan fingerprint density at radius 2 is 1.95 bits per heavy atom. The Labute approximate surface area is 119 Å². The van der Waals surface area contributed by atoms with Crippen LogP contribution in [0, 0.1) is 5.92 Å². The first-order chi connectivity index (χ1) is 9.65. The van der Waals surface area contributed by atoms with Crippen LogP contribution in [0.15, 0.2) is 12.2 Å². The molecule has 0 aromatic carbocycles. The molecule has 2 aliphatic rings. The molecule has 112 valence electrons. The van der Waals surface area contributed by atoms with Crippen LogP contribution in [0.25, 0.3) is 0 Å². The standard InChI is InChI=1S/C14H23N3O3/c18-13(19)11-16-6-8-17(9-7-16)14(20)15-10-12-4-2-1-3-5-12/h1-2,12H,3-11H2,(H,15,20)(H,18,19). The highest BCUT2D eigenvalue weighted by molar-refractivity contribution is 5.74. The summed E-state index contributed by atoms with van der Waals surface area (Å²) in [6, 6.07) is -0.0190. The molecule has 0 bridgehead atoms. The van der Waals surface area contributed by atoms with Crippen molar-refractivity contribution in [2.24, 2.45) is 5.92 Å². The van der Waals surface area contributed by atoms with Crippen molar-refractivity contribution in [2.45, 2.75) is 19.3 Å². The molecule has 2 amide bonds. The molecule has 20 heavy (non-hydrogen) atoms. The maximum Gasteiger partial charge on any atom is 0.317 e. The second-order valence-corrected chi connectivity index (χ2v) is 5.49. The largest absolute Gasteiger partial charge is 0.480 e. The zero-order chi connectivity index (χ0) is 14.4. The van der Waals surface area contributed by atoms with Gasteiger partial charge in [0.2, 0.25) is 0 Å². The normalized spacial score (nSPS) is 23.6. The van der Waals surface area contributed by atoms with Crippen LogP contribution >= 0.6 is 0 Å². The van der Waals surface area contributed by atoms with Crippen molar-refractivity contribution < 1.29 is 14.7 Å². The van der Waals surface area contributed by atoms with Gasteiger partial charge in [-0.1, -0.05) is 12.2 Å². The van der Waals surface area contributed by atoms with Gasteiger partial charge in [0, 0.05) is 32.7 Å². The van der Waals surface area contributed by atoms with Gasteiger partial charge in [-0.3, -0.25) is 9.69 Å². The van der Waals surface area contributed by atoms with Crippen LogP contribution in [0.1, 0.15) is 19.3 Å².